The topological polar surface area (TPSA) is 43.8 Å². The van der Waals surface area contributed by atoms with Crippen LogP contribution in [0.3, 0.4) is 0 Å². The van der Waals surface area contributed by atoms with E-state index < -0.39 is 0 Å². The molecule has 1 aromatic heterocycles. The van der Waals surface area contributed by atoms with Gasteiger partial charge >= 0.3 is 0 Å². The van der Waals surface area contributed by atoms with Crippen LogP contribution in [0.15, 0.2) is 18.2 Å². The standard InChI is InChI=1S/C16H22FN3/c1-11(2)20-14-7-6-12(17)10-13(14)19-15(20)16(18)8-4-3-5-9-16/h6-7,10-11H,3-5,8-9,18H2,1-2H3. The number of hydrogen-bond donors (Lipinski definition) is 1. The minimum absolute atomic E-state index is 0.243. The third kappa shape index (κ3) is 2.12. The lowest BCUT2D eigenvalue weighted by Gasteiger charge is -2.34. The van der Waals surface area contributed by atoms with Gasteiger partial charge in [-0.05, 0) is 38.8 Å². The van der Waals surface area contributed by atoms with E-state index in [0.717, 1.165) is 37.0 Å². The summed E-state index contributed by atoms with van der Waals surface area (Å²) in [5, 5.41) is 0. The molecule has 1 aromatic carbocycles. The third-order valence-corrected chi connectivity index (χ3v) is 4.36. The van der Waals surface area contributed by atoms with Gasteiger partial charge in [0, 0.05) is 12.1 Å². The van der Waals surface area contributed by atoms with E-state index in [4.69, 9.17) is 5.73 Å². The maximum Gasteiger partial charge on any atom is 0.130 e. The first-order valence-corrected chi connectivity index (χ1v) is 7.48. The van der Waals surface area contributed by atoms with Gasteiger partial charge in [-0.3, -0.25) is 0 Å². The Morgan fingerprint density at radius 2 is 1.95 bits per heavy atom. The minimum atomic E-state index is -0.363. The molecule has 2 N–H and O–H groups in total. The van der Waals surface area contributed by atoms with Crippen molar-refractivity contribution in [1.29, 1.82) is 0 Å². The summed E-state index contributed by atoms with van der Waals surface area (Å²) in [5.74, 6) is 0.681. The van der Waals surface area contributed by atoms with Crippen LogP contribution in [-0.4, -0.2) is 9.55 Å². The van der Waals surface area contributed by atoms with Gasteiger partial charge in [0.05, 0.1) is 16.6 Å². The molecule has 1 heterocycles. The highest BCUT2D eigenvalue weighted by Gasteiger charge is 2.35. The summed E-state index contributed by atoms with van der Waals surface area (Å²) >= 11 is 0. The molecular formula is C16H22FN3. The van der Waals surface area contributed by atoms with Gasteiger partial charge in [0.2, 0.25) is 0 Å². The van der Waals surface area contributed by atoms with Crippen molar-refractivity contribution in [3.63, 3.8) is 0 Å². The lowest BCUT2D eigenvalue weighted by molar-refractivity contribution is 0.275. The zero-order chi connectivity index (χ0) is 14.3. The normalized spacial score (nSPS) is 18.9. The number of nitrogens with zero attached hydrogens (tertiary/aromatic N) is 2. The Kier molecular flexibility index (Phi) is 3.28. The van der Waals surface area contributed by atoms with Crippen molar-refractivity contribution in [1.82, 2.24) is 9.55 Å². The van der Waals surface area contributed by atoms with Crippen LogP contribution in [0.5, 0.6) is 0 Å². The minimum Gasteiger partial charge on any atom is -0.324 e. The zero-order valence-electron chi connectivity index (χ0n) is 12.2. The molecule has 0 unspecified atom stereocenters. The summed E-state index contributed by atoms with van der Waals surface area (Å²) in [4.78, 5) is 4.69. The molecule has 0 bridgehead atoms. The molecule has 1 aliphatic rings. The highest BCUT2D eigenvalue weighted by Crippen LogP contribution is 2.37. The number of halogens is 1. The lowest BCUT2D eigenvalue weighted by atomic mass is 9.82. The van der Waals surface area contributed by atoms with E-state index >= 15 is 0 Å². The van der Waals surface area contributed by atoms with E-state index in [9.17, 15) is 4.39 Å². The monoisotopic (exact) mass is 275 g/mol. The largest absolute Gasteiger partial charge is 0.324 e. The van der Waals surface area contributed by atoms with Crippen molar-refractivity contribution < 1.29 is 4.39 Å². The summed E-state index contributed by atoms with van der Waals surface area (Å²) in [7, 11) is 0. The quantitative estimate of drug-likeness (QED) is 0.904. The molecule has 3 rings (SSSR count). The predicted molar refractivity (Wildman–Crippen MR) is 79.0 cm³/mol. The molecule has 0 saturated heterocycles. The van der Waals surface area contributed by atoms with Gasteiger partial charge in [-0.2, -0.15) is 0 Å². The van der Waals surface area contributed by atoms with Crippen molar-refractivity contribution in [2.24, 2.45) is 5.73 Å². The molecule has 20 heavy (non-hydrogen) atoms. The zero-order valence-corrected chi connectivity index (χ0v) is 12.2. The van der Waals surface area contributed by atoms with Crippen molar-refractivity contribution >= 4 is 11.0 Å². The number of fused-ring (bicyclic) bond motifs is 1. The van der Waals surface area contributed by atoms with Crippen LogP contribution in [0.25, 0.3) is 11.0 Å². The van der Waals surface area contributed by atoms with Crippen molar-refractivity contribution in [2.45, 2.75) is 57.5 Å². The van der Waals surface area contributed by atoms with Gasteiger partial charge in [-0.15, -0.1) is 0 Å². The van der Waals surface area contributed by atoms with Gasteiger partial charge in [-0.25, -0.2) is 9.37 Å². The number of imidazole rings is 1. The first-order valence-electron chi connectivity index (χ1n) is 7.48. The number of aromatic nitrogens is 2. The van der Waals surface area contributed by atoms with Crippen molar-refractivity contribution in [3.8, 4) is 0 Å². The van der Waals surface area contributed by atoms with Crippen LogP contribution >= 0.6 is 0 Å². The molecule has 1 aliphatic carbocycles. The van der Waals surface area contributed by atoms with Crippen LogP contribution in [0.1, 0.15) is 57.8 Å². The molecule has 2 aromatic rings. The fraction of sp³-hybridized carbons (Fsp3) is 0.562. The van der Waals surface area contributed by atoms with E-state index in [1.165, 1.54) is 18.6 Å². The molecule has 0 amide bonds. The third-order valence-electron chi connectivity index (χ3n) is 4.36. The second kappa shape index (κ2) is 4.85. The number of benzene rings is 1. The Balaban J connectivity index is 2.21. The smallest absolute Gasteiger partial charge is 0.130 e. The molecule has 4 heteroatoms. The molecule has 0 atom stereocenters. The highest BCUT2D eigenvalue weighted by atomic mass is 19.1. The molecule has 108 valence electrons. The van der Waals surface area contributed by atoms with Crippen molar-refractivity contribution in [3.05, 3.63) is 29.8 Å². The summed E-state index contributed by atoms with van der Waals surface area (Å²) in [6.07, 6.45) is 5.46. The van der Waals surface area contributed by atoms with Crippen LogP contribution < -0.4 is 5.73 Å². The maximum atomic E-state index is 13.4. The Labute approximate surface area is 119 Å². The second-order valence-electron chi connectivity index (χ2n) is 6.25. The van der Waals surface area contributed by atoms with Crippen LogP contribution in [0.2, 0.25) is 0 Å². The number of nitrogens with two attached hydrogens (primary N) is 1. The first-order chi connectivity index (χ1) is 9.51. The molecular weight excluding hydrogens is 253 g/mol. The van der Waals surface area contributed by atoms with Crippen LogP contribution in [0, 0.1) is 5.82 Å². The highest BCUT2D eigenvalue weighted by molar-refractivity contribution is 5.76. The summed E-state index contributed by atoms with van der Waals surface area (Å²) in [6, 6.07) is 5.08. The SMILES string of the molecule is CC(C)n1c(C2(N)CCCCC2)nc2cc(F)ccc21. The molecule has 0 aliphatic heterocycles. The second-order valence-corrected chi connectivity index (χ2v) is 6.25. The number of rotatable bonds is 2. The van der Waals surface area contributed by atoms with Crippen LogP contribution in [-0.2, 0) is 5.54 Å². The van der Waals surface area contributed by atoms with Gasteiger partial charge in [0.1, 0.15) is 11.6 Å². The lowest BCUT2D eigenvalue weighted by Crippen LogP contribution is -2.41. The molecule has 1 saturated carbocycles. The predicted octanol–water partition coefficient (Wildman–Crippen LogP) is 3.87. The maximum absolute atomic E-state index is 13.4. The fourth-order valence-corrected chi connectivity index (χ4v) is 3.35. The summed E-state index contributed by atoms with van der Waals surface area (Å²) < 4.78 is 15.6. The average Bonchev–Trinajstić information content (AvgIpc) is 2.78. The van der Waals surface area contributed by atoms with Gasteiger partial charge < -0.3 is 10.3 Å². The van der Waals surface area contributed by atoms with Crippen molar-refractivity contribution in [2.75, 3.05) is 0 Å². The van der Waals surface area contributed by atoms with E-state index in [2.05, 4.69) is 23.4 Å². The van der Waals surface area contributed by atoms with E-state index in [-0.39, 0.29) is 17.4 Å². The average molecular weight is 275 g/mol. The fourth-order valence-electron chi connectivity index (χ4n) is 3.35. The molecule has 0 spiro atoms. The molecule has 0 radical (unpaired) electrons. The summed E-state index contributed by atoms with van der Waals surface area (Å²) in [5.41, 5.74) is 7.97. The van der Waals surface area contributed by atoms with Gasteiger partial charge in [0.25, 0.3) is 0 Å². The Morgan fingerprint density at radius 1 is 1.25 bits per heavy atom. The van der Waals surface area contributed by atoms with Gasteiger partial charge in [0.15, 0.2) is 0 Å². The first kappa shape index (κ1) is 13.6. The van der Waals surface area contributed by atoms with Crippen LogP contribution in [0.4, 0.5) is 4.39 Å². The Hall–Kier alpha value is -1.42. The van der Waals surface area contributed by atoms with E-state index in [1.807, 2.05) is 6.07 Å². The van der Waals surface area contributed by atoms with E-state index in [0.29, 0.717) is 5.52 Å². The molecule has 1 fully saturated rings. The number of hydrogen-bond acceptors (Lipinski definition) is 2. The molecule has 3 nitrogen and oxygen atoms in total. The van der Waals surface area contributed by atoms with E-state index in [1.54, 1.807) is 0 Å². The Bertz CT molecular complexity index is 624. The Morgan fingerprint density at radius 3 is 2.60 bits per heavy atom. The van der Waals surface area contributed by atoms with Gasteiger partial charge in [-0.1, -0.05) is 19.3 Å². The summed E-state index contributed by atoms with van der Waals surface area (Å²) in [6.45, 7) is 4.25.